The highest BCUT2D eigenvalue weighted by atomic mass is 16.6. The SMILES string of the molecule is CC(=O)OC(=O)C(Oc1ccccc1)N1CCN(c2ccncc2)CC1=O. The molecule has 1 aromatic carbocycles. The van der Waals surface area contributed by atoms with E-state index < -0.39 is 18.2 Å². The Labute approximate surface area is 156 Å². The Morgan fingerprint density at radius 1 is 1.07 bits per heavy atom. The number of nitrogens with zero attached hydrogens (tertiary/aromatic N) is 3. The Bertz CT molecular complexity index is 813. The number of pyridine rings is 1. The zero-order valence-electron chi connectivity index (χ0n) is 14.8. The standard InChI is InChI=1S/C19H19N3O5/c1-14(23)26-19(25)18(27-16-5-3-2-4-6-16)22-12-11-21(13-17(22)24)15-7-9-20-10-8-15/h2-10,18H,11-13H2,1H3. The van der Waals surface area contributed by atoms with E-state index in [9.17, 15) is 14.4 Å². The first-order chi connectivity index (χ1) is 13.0. The monoisotopic (exact) mass is 369 g/mol. The third kappa shape index (κ3) is 4.60. The number of amides is 1. The van der Waals surface area contributed by atoms with Crippen LogP contribution in [0.15, 0.2) is 54.9 Å². The van der Waals surface area contributed by atoms with E-state index in [1.165, 1.54) is 4.90 Å². The van der Waals surface area contributed by atoms with Gasteiger partial charge in [-0.2, -0.15) is 0 Å². The van der Waals surface area contributed by atoms with Crippen LogP contribution in [0.5, 0.6) is 5.75 Å². The lowest BCUT2D eigenvalue weighted by molar-refractivity contribution is -0.174. The summed E-state index contributed by atoms with van der Waals surface area (Å²) >= 11 is 0. The molecule has 0 saturated carbocycles. The zero-order chi connectivity index (χ0) is 19.2. The second-order valence-corrected chi connectivity index (χ2v) is 5.91. The summed E-state index contributed by atoms with van der Waals surface area (Å²) in [7, 11) is 0. The molecular weight excluding hydrogens is 350 g/mol. The Morgan fingerprint density at radius 2 is 1.78 bits per heavy atom. The molecule has 8 heteroatoms. The van der Waals surface area contributed by atoms with Crippen molar-refractivity contribution < 1.29 is 23.9 Å². The molecule has 1 aliphatic heterocycles. The molecule has 0 bridgehead atoms. The fourth-order valence-corrected chi connectivity index (χ4v) is 2.77. The number of rotatable bonds is 5. The summed E-state index contributed by atoms with van der Waals surface area (Å²) in [5.74, 6) is -1.59. The molecule has 0 N–H and O–H groups in total. The largest absolute Gasteiger partial charge is 0.459 e. The number of esters is 2. The second kappa shape index (κ2) is 8.31. The van der Waals surface area contributed by atoms with Gasteiger partial charge in [-0.05, 0) is 24.3 Å². The van der Waals surface area contributed by atoms with Crippen LogP contribution in [0.3, 0.4) is 0 Å². The van der Waals surface area contributed by atoms with Crippen LogP contribution in [0, 0.1) is 0 Å². The van der Waals surface area contributed by atoms with Crippen molar-refractivity contribution in [2.24, 2.45) is 0 Å². The maximum absolute atomic E-state index is 12.7. The fraction of sp³-hybridized carbons (Fsp3) is 0.263. The molecule has 0 radical (unpaired) electrons. The molecule has 1 amide bonds. The van der Waals surface area contributed by atoms with E-state index in [2.05, 4.69) is 9.72 Å². The van der Waals surface area contributed by atoms with Crippen molar-refractivity contribution in [1.82, 2.24) is 9.88 Å². The Morgan fingerprint density at radius 3 is 2.41 bits per heavy atom. The lowest BCUT2D eigenvalue weighted by Crippen LogP contribution is -2.58. The van der Waals surface area contributed by atoms with Crippen molar-refractivity contribution in [3.05, 3.63) is 54.9 Å². The van der Waals surface area contributed by atoms with Crippen LogP contribution in [0.2, 0.25) is 0 Å². The summed E-state index contributed by atoms with van der Waals surface area (Å²) in [6, 6.07) is 12.2. The van der Waals surface area contributed by atoms with Gasteiger partial charge in [-0.25, -0.2) is 4.79 Å². The summed E-state index contributed by atoms with van der Waals surface area (Å²) in [5, 5.41) is 0. The first-order valence-electron chi connectivity index (χ1n) is 8.43. The number of aromatic nitrogens is 1. The minimum absolute atomic E-state index is 0.0754. The number of carbonyl (C=O) groups is 3. The van der Waals surface area contributed by atoms with Gasteiger partial charge in [0.2, 0.25) is 5.91 Å². The van der Waals surface area contributed by atoms with Gasteiger partial charge >= 0.3 is 11.9 Å². The van der Waals surface area contributed by atoms with Crippen molar-refractivity contribution >= 4 is 23.5 Å². The molecule has 2 aromatic rings. The average molecular weight is 369 g/mol. The molecule has 27 heavy (non-hydrogen) atoms. The number of ether oxygens (including phenoxy) is 2. The molecule has 1 fully saturated rings. The first-order valence-corrected chi connectivity index (χ1v) is 8.43. The van der Waals surface area contributed by atoms with E-state index in [4.69, 9.17) is 4.74 Å². The first kappa shape index (κ1) is 18.4. The number of anilines is 1. The van der Waals surface area contributed by atoms with E-state index in [1.807, 2.05) is 17.0 Å². The van der Waals surface area contributed by atoms with Gasteiger partial charge in [0.25, 0.3) is 6.23 Å². The van der Waals surface area contributed by atoms with E-state index in [-0.39, 0.29) is 19.0 Å². The zero-order valence-corrected chi connectivity index (χ0v) is 14.8. The molecule has 0 aliphatic carbocycles. The van der Waals surface area contributed by atoms with Crippen LogP contribution in [-0.4, -0.2) is 53.6 Å². The molecule has 1 saturated heterocycles. The minimum atomic E-state index is -1.33. The van der Waals surface area contributed by atoms with Gasteiger partial charge in [-0.3, -0.25) is 19.5 Å². The summed E-state index contributed by atoms with van der Waals surface area (Å²) in [4.78, 5) is 43.4. The van der Waals surface area contributed by atoms with Crippen molar-refractivity contribution in [1.29, 1.82) is 0 Å². The molecule has 8 nitrogen and oxygen atoms in total. The predicted octanol–water partition coefficient (Wildman–Crippen LogP) is 1.22. The Kier molecular flexibility index (Phi) is 5.65. The molecule has 1 aromatic heterocycles. The van der Waals surface area contributed by atoms with Gasteiger partial charge in [0, 0.05) is 38.1 Å². The molecular formula is C19H19N3O5. The lowest BCUT2D eigenvalue weighted by atomic mass is 10.2. The van der Waals surface area contributed by atoms with Gasteiger partial charge in [-0.1, -0.05) is 18.2 Å². The van der Waals surface area contributed by atoms with Gasteiger partial charge in [0.1, 0.15) is 5.75 Å². The quantitative estimate of drug-likeness (QED) is 0.578. The van der Waals surface area contributed by atoms with E-state index in [0.717, 1.165) is 12.6 Å². The van der Waals surface area contributed by atoms with Gasteiger partial charge < -0.3 is 14.4 Å². The van der Waals surface area contributed by atoms with Crippen molar-refractivity contribution in [2.75, 3.05) is 24.5 Å². The summed E-state index contributed by atoms with van der Waals surface area (Å²) in [5.41, 5.74) is 0.866. The number of benzene rings is 1. The molecule has 2 heterocycles. The second-order valence-electron chi connectivity index (χ2n) is 5.91. The average Bonchev–Trinajstić information content (AvgIpc) is 2.67. The third-order valence-corrected chi connectivity index (χ3v) is 4.01. The Hall–Kier alpha value is -3.42. The van der Waals surface area contributed by atoms with Crippen LogP contribution in [0.25, 0.3) is 0 Å². The maximum atomic E-state index is 12.7. The predicted molar refractivity (Wildman–Crippen MR) is 95.8 cm³/mol. The third-order valence-electron chi connectivity index (χ3n) is 4.01. The molecule has 0 spiro atoms. The number of piperazine rings is 1. The number of hydrogen-bond acceptors (Lipinski definition) is 7. The molecule has 140 valence electrons. The number of para-hydroxylation sites is 1. The van der Waals surface area contributed by atoms with Gasteiger partial charge in [0.05, 0.1) is 6.54 Å². The van der Waals surface area contributed by atoms with Crippen LogP contribution in [0.1, 0.15) is 6.92 Å². The van der Waals surface area contributed by atoms with Crippen LogP contribution in [0.4, 0.5) is 5.69 Å². The van der Waals surface area contributed by atoms with E-state index >= 15 is 0 Å². The smallest absolute Gasteiger partial charge is 0.376 e. The summed E-state index contributed by atoms with van der Waals surface area (Å²) in [6.07, 6.45) is 1.97. The highest BCUT2D eigenvalue weighted by Crippen LogP contribution is 2.20. The van der Waals surface area contributed by atoms with Crippen molar-refractivity contribution in [3.63, 3.8) is 0 Å². The molecule has 1 aliphatic rings. The highest BCUT2D eigenvalue weighted by Gasteiger charge is 2.37. The van der Waals surface area contributed by atoms with Crippen LogP contribution >= 0.6 is 0 Å². The topological polar surface area (TPSA) is 89.0 Å². The summed E-state index contributed by atoms with van der Waals surface area (Å²) < 4.78 is 10.4. The number of hydrogen-bond donors (Lipinski definition) is 0. The van der Waals surface area contributed by atoms with Gasteiger partial charge in [0.15, 0.2) is 0 Å². The van der Waals surface area contributed by atoms with Crippen molar-refractivity contribution in [2.45, 2.75) is 13.2 Å². The summed E-state index contributed by atoms with van der Waals surface area (Å²) in [6.45, 7) is 1.94. The van der Waals surface area contributed by atoms with Crippen LogP contribution in [-0.2, 0) is 19.1 Å². The lowest BCUT2D eigenvalue weighted by Gasteiger charge is -2.38. The van der Waals surface area contributed by atoms with Gasteiger partial charge in [-0.15, -0.1) is 0 Å². The van der Waals surface area contributed by atoms with Crippen molar-refractivity contribution in [3.8, 4) is 5.75 Å². The normalized spacial score (nSPS) is 15.2. The molecule has 1 unspecified atom stereocenters. The molecule has 1 atom stereocenters. The number of carbonyl (C=O) groups excluding carboxylic acids is 3. The Balaban J connectivity index is 1.77. The fourth-order valence-electron chi connectivity index (χ4n) is 2.77. The maximum Gasteiger partial charge on any atom is 0.376 e. The highest BCUT2D eigenvalue weighted by molar-refractivity contribution is 5.91. The minimum Gasteiger partial charge on any atom is -0.459 e. The molecule has 3 rings (SSSR count). The van der Waals surface area contributed by atoms with Crippen LogP contribution < -0.4 is 9.64 Å². The van der Waals surface area contributed by atoms with E-state index in [0.29, 0.717) is 12.3 Å². The van der Waals surface area contributed by atoms with E-state index in [1.54, 1.807) is 42.7 Å².